The fourth-order valence-corrected chi connectivity index (χ4v) is 3.40. The fraction of sp³-hybridized carbons (Fsp3) is 0.0625. The maximum Gasteiger partial charge on any atom is 0.184 e. The van der Waals surface area contributed by atoms with Crippen molar-refractivity contribution in [3.05, 3.63) is 63.0 Å². The van der Waals surface area contributed by atoms with Crippen LogP contribution in [0.2, 0.25) is 4.47 Å². The highest BCUT2D eigenvalue weighted by atomic mass is 79.9. The molecule has 0 aliphatic carbocycles. The molecule has 0 bridgehead atoms. The molecule has 1 aromatic heterocycles. The minimum Gasteiger partial charge on any atom is -0.224 e. The Bertz CT molecular complexity index is 669. The molecule has 0 aliphatic rings. The maximum atomic E-state index is 6.13. The van der Waals surface area contributed by atoms with Crippen LogP contribution in [0.15, 0.2) is 53.0 Å². The molecule has 0 fully saturated rings. The second kappa shape index (κ2) is 5.68. The third-order valence-corrected chi connectivity index (χ3v) is 4.77. The van der Waals surface area contributed by atoms with Crippen LogP contribution in [0.4, 0.5) is 0 Å². The number of hydrogen-bond acceptors (Lipinski definition) is 2. The Morgan fingerprint density at radius 1 is 0.950 bits per heavy atom. The largest absolute Gasteiger partial charge is 0.224 e. The topological polar surface area (TPSA) is 12.9 Å². The number of thiazole rings is 1. The van der Waals surface area contributed by atoms with Crippen LogP contribution in [0.25, 0.3) is 21.7 Å². The third-order valence-electron chi connectivity index (χ3n) is 3.03. The standard InChI is InChI=1S/C16H11BrClNS/c1-10-2-4-12(5-3-10)15-14(19-16(18)20-15)11-6-8-13(17)9-7-11/h2-9H,1H3. The number of rotatable bonds is 2. The summed E-state index contributed by atoms with van der Waals surface area (Å²) >= 11 is 11.1. The van der Waals surface area contributed by atoms with Crippen LogP contribution in [-0.4, -0.2) is 4.98 Å². The van der Waals surface area contributed by atoms with Gasteiger partial charge < -0.3 is 0 Å². The van der Waals surface area contributed by atoms with Crippen molar-refractivity contribution >= 4 is 38.9 Å². The van der Waals surface area contributed by atoms with E-state index in [0.29, 0.717) is 4.47 Å². The van der Waals surface area contributed by atoms with Gasteiger partial charge in [-0.05, 0) is 24.6 Å². The summed E-state index contributed by atoms with van der Waals surface area (Å²) in [5.41, 5.74) is 4.41. The summed E-state index contributed by atoms with van der Waals surface area (Å²) in [5, 5.41) is 0. The molecule has 0 atom stereocenters. The van der Waals surface area contributed by atoms with Crippen molar-refractivity contribution in [2.45, 2.75) is 6.92 Å². The van der Waals surface area contributed by atoms with Crippen molar-refractivity contribution < 1.29 is 0 Å². The maximum absolute atomic E-state index is 6.13. The second-order valence-electron chi connectivity index (χ2n) is 4.52. The Morgan fingerprint density at radius 3 is 2.20 bits per heavy atom. The highest BCUT2D eigenvalue weighted by Crippen LogP contribution is 2.38. The first kappa shape index (κ1) is 13.8. The molecule has 0 aliphatic heterocycles. The van der Waals surface area contributed by atoms with Crippen LogP contribution >= 0.6 is 38.9 Å². The Morgan fingerprint density at radius 2 is 1.55 bits per heavy atom. The van der Waals surface area contributed by atoms with Gasteiger partial charge in [-0.15, -0.1) is 11.3 Å². The lowest BCUT2D eigenvalue weighted by molar-refractivity contribution is 1.40. The van der Waals surface area contributed by atoms with Crippen molar-refractivity contribution in [3.8, 4) is 21.7 Å². The SMILES string of the molecule is Cc1ccc(-c2sc(Cl)nc2-c2ccc(Br)cc2)cc1. The highest BCUT2D eigenvalue weighted by molar-refractivity contribution is 9.10. The predicted molar refractivity (Wildman–Crippen MR) is 90.4 cm³/mol. The molecule has 2 aromatic carbocycles. The summed E-state index contributed by atoms with van der Waals surface area (Å²) in [7, 11) is 0. The van der Waals surface area contributed by atoms with Gasteiger partial charge in [0.15, 0.2) is 4.47 Å². The van der Waals surface area contributed by atoms with E-state index in [-0.39, 0.29) is 0 Å². The Balaban J connectivity index is 2.12. The first-order valence-corrected chi connectivity index (χ1v) is 8.11. The van der Waals surface area contributed by atoms with Crippen molar-refractivity contribution in [2.24, 2.45) is 0 Å². The molecule has 0 saturated heterocycles. The zero-order chi connectivity index (χ0) is 14.1. The summed E-state index contributed by atoms with van der Waals surface area (Å²) in [6, 6.07) is 16.6. The molecule has 1 nitrogen and oxygen atoms in total. The normalized spacial score (nSPS) is 10.8. The van der Waals surface area contributed by atoms with Gasteiger partial charge in [0, 0.05) is 10.0 Å². The number of aryl methyl sites for hydroxylation is 1. The minimum absolute atomic E-state index is 0.568. The first-order valence-electron chi connectivity index (χ1n) is 6.13. The lowest BCUT2D eigenvalue weighted by Crippen LogP contribution is -1.82. The molecule has 0 N–H and O–H groups in total. The van der Waals surface area contributed by atoms with Gasteiger partial charge in [-0.2, -0.15) is 0 Å². The number of hydrogen-bond donors (Lipinski definition) is 0. The van der Waals surface area contributed by atoms with Crippen LogP contribution in [0.5, 0.6) is 0 Å². The van der Waals surface area contributed by atoms with Crippen molar-refractivity contribution in [3.63, 3.8) is 0 Å². The summed E-state index contributed by atoms with van der Waals surface area (Å²) in [6.45, 7) is 2.08. The van der Waals surface area contributed by atoms with E-state index in [4.69, 9.17) is 11.6 Å². The van der Waals surface area contributed by atoms with E-state index in [1.165, 1.54) is 16.9 Å². The van der Waals surface area contributed by atoms with Crippen LogP contribution in [0.1, 0.15) is 5.56 Å². The lowest BCUT2D eigenvalue weighted by atomic mass is 10.1. The summed E-state index contributed by atoms with van der Waals surface area (Å²) < 4.78 is 1.62. The molecule has 100 valence electrons. The van der Waals surface area contributed by atoms with E-state index in [0.717, 1.165) is 26.2 Å². The number of nitrogens with zero attached hydrogens (tertiary/aromatic N) is 1. The molecule has 0 spiro atoms. The van der Waals surface area contributed by atoms with Gasteiger partial charge in [-0.25, -0.2) is 4.98 Å². The van der Waals surface area contributed by atoms with Crippen LogP contribution in [0.3, 0.4) is 0 Å². The van der Waals surface area contributed by atoms with Crippen molar-refractivity contribution in [1.82, 2.24) is 4.98 Å². The first-order chi connectivity index (χ1) is 9.63. The highest BCUT2D eigenvalue weighted by Gasteiger charge is 2.13. The van der Waals surface area contributed by atoms with E-state index < -0.39 is 0 Å². The lowest BCUT2D eigenvalue weighted by Gasteiger charge is -2.03. The van der Waals surface area contributed by atoms with Crippen molar-refractivity contribution in [1.29, 1.82) is 0 Å². The molecule has 3 aromatic rings. The summed E-state index contributed by atoms with van der Waals surface area (Å²) in [6.07, 6.45) is 0. The van der Waals surface area contributed by atoms with E-state index in [2.05, 4.69) is 52.1 Å². The molecule has 20 heavy (non-hydrogen) atoms. The molecule has 0 unspecified atom stereocenters. The summed E-state index contributed by atoms with van der Waals surface area (Å²) in [4.78, 5) is 5.59. The Labute approximate surface area is 135 Å². The quantitative estimate of drug-likeness (QED) is 0.527. The molecule has 0 saturated carbocycles. The summed E-state index contributed by atoms with van der Waals surface area (Å²) in [5.74, 6) is 0. The second-order valence-corrected chi connectivity index (χ2v) is 7.01. The third kappa shape index (κ3) is 2.80. The van der Waals surface area contributed by atoms with Crippen LogP contribution < -0.4 is 0 Å². The number of aromatic nitrogens is 1. The Hall–Kier alpha value is -1.16. The van der Waals surface area contributed by atoms with E-state index in [1.807, 2.05) is 24.3 Å². The molecule has 0 radical (unpaired) electrons. The molecule has 3 rings (SSSR count). The van der Waals surface area contributed by atoms with E-state index >= 15 is 0 Å². The van der Waals surface area contributed by atoms with Crippen LogP contribution in [0, 0.1) is 6.92 Å². The van der Waals surface area contributed by atoms with Gasteiger partial charge in [-0.3, -0.25) is 0 Å². The smallest absolute Gasteiger partial charge is 0.184 e. The molecular formula is C16H11BrClNS. The van der Waals surface area contributed by atoms with E-state index in [1.54, 1.807) is 0 Å². The predicted octanol–water partition coefficient (Wildman–Crippen LogP) is 6.20. The zero-order valence-electron chi connectivity index (χ0n) is 10.7. The van der Waals surface area contributed by atoms with Gasteiger partial charge in [0.05, 0.1) is 10.6 Å². The van der Waals surface area contributed by atoms with Gasteiger partial charge in [-0.1, -0.05) is 69.5 Å². The van der Waals surface area contributed by atoms with Crippen molar-refractivity contribution in [2.75, 3.05) is 0 Å². The monoisotopic (exact) mass is 363 g/mol. The fourth-order valence-electron chi connectivity index (χ4n) is 2.00. The number of halogens is 2. The van der Waals surface area contributed by atoms with E-state index in [9.17, 15) is 0 Å². The zero-order valence-corrected chi connectivity index (χ0v) is 13.9. The molecule has 0 amide bonds. The molecular weight excluding hydrogens is 354 g/mol. The molecule has 1 heterocycles. The van der Waals surface area contributed by atoms with Crippen LogP contribution in [-0.2, 0) is 0 Å². The minimum atomic E-state index is 0.568. The molecule has 4 heteroatoms. The van der Waals surface area contributed by atoms with Gasteiger partial charge in [0.2, 0.25) is 0 Å². The van der Waals surface area contributed by atoms with Gasteiger partial charge in [0.1, 0.15) is 0 Å². The number of benzene rings is 2. The average molecular weight is 365 g/mol. The van der Waals surface area contributed by atoms with Gasteiger partial charge >= 0.3 is 0 Å². The van der Waals surface area contributed by atoms with Gasteiger partial charge in [0.25, 0.3) is 0 Å². The average Bonchev–Trinajstić information content (AvgIpc) is 2.82. The Kier molecular flexibility index (Phi) is 3.92.